The van der Waals surface area contributed by atoms with E-state index in [0.29, 0.717) is 12.0 Å². The van der Waals surface area contributed by atoms with Gasteiger partial charge in [0.2, 0.25) is 0 Å². The van der Waals surface area contributed by atoms with Gasteiger partial charge in [-0.25, -0.2) is 0 Å². The Labute approximate surface area is 112 Å². The summed E-state index contributed by atoms with van der Waals surface area (Å²) in [6, 6.07) is 0.750. The van der Waals surface area contributed by atoms with Gasteiger partial charge < -0.3 is 10.5 Å². The fraction of sp³-hybridized carbons (Fsp3) is 1.00. The summed E-state index contributed by atoms with van der Waals surface area (Å²) >= 11 is 0. The number of hydrogen-bond donors (Lipinski definition) is 1. The molecule has 2 aliphatic rings. The third-order valence-corrected chi connectivity index (χ3v) is 5.06. The zero-order chi connectivity index (χ0) is 13.2. The molecule has 0 spiro atoms. The summed E-state index contributed by atoms with van der Waals surface area (Å²) in [7, 11) is 0. The second kappa shape index (κ2) is 5.89. The van der Waals surface area contributed by atoms with Crippen molar-refractivity contribution in [3.8, 4) is 0 Å². The summed E-state index contributed by atoms with van der Waals surface area (Å²) in [6.07, 6.45) is 6.58. The molecule has 0 aliphatic carbocycles. The van der Waals surface area contributed by atoms with Crippen LogP contribution in [-0.2, 0) is 4.74 Å². The van der Waals surface area contributed by atoms with Crippen molar-refractivity contribution in [2.75, 3.05) is 19.7 Å². The molecule has 3 unspecified atom stereocenters. The maximum atomic E-state index is 6.20. The molecular formula is C15H30N2O. The van der Waals surface area contributed by atoms with Crippen LogP contribution in [0.25, 0.3) is 0 Å². The molecule has 0 bridgehead atoms. The van der Waals surface area contributed by atoms with Gasteiger partial charge in [-0.05, 0) is 44.6 Å². The third kappa shape index (κ3) is 2.59. The van der Waals surface area contributed by atoms with Gasteiger partial charge in [-0.15, -0.1) is 0 Å². The van der Waals surface area contributed by atoms with Crippen molar-refractivity contribution in [3.63, 3.8) is 0 Å². The van der Waals surface area contributed by atoms with Gasteiger partial charge in [-0.2, -0.15) is 0 Å². The van der Waals surface area contributed by atoms with E-state index in [1.54, 1.807) is 0 Å². The van der Waals surface area contributed by atoms with Crippen molar-refractivity contribution in [3.05, 3.63) is 0 Å². The van der Waals surface area contributed by atoms with E-state index in [1.165, 1.54) is 25.8 Å². The van der Waals surface area contributed by atoms with E-state index in [1.807, 2.05) is 0 Å². The molecule has 2 heterocycles. The van der Waals surface area contributed by atoms with Crippen LogP contribution in [0, 0.1) is 5.92 Å². The Bertz CT molecular complexity index is 269. The number of likely N-dealkylation sites (tertiary alicyclic amines) is 1. The molecule has 2 saturated heterocycles. The first-order chi connectivity index (χ1) is 8.63. The largest absolute Gasteiger partial charge is 0.378 e. The monoisotopic (exact) mass is 254 g/mol. The average molecular weight is 254 g/mol. The van der Waals surface area contributed by atoms with Crippen LogP contribution >= 0.6 is 0 Å². The second-order valence-corrected chi connectivity index (χ2v) is 6.43. The molecule has 2 fully saturated rings. The molecule has 2 rings (SSSR count). The molecule has 3 nitrogen and oxygen atoms in total. The second-order valence-electron chi connectivity index (χ2n) is 6.43. The minimum absolute atomic E-state index is 0.213. The minimum atomic E-state index is 0.213. The van der Waals surface area contributed by atoms with E-state index in [-0.39, 0.29) is 5.54 Å². The van der Waals surface area contributed by atoms with Gasteiger partial charge in [0.15, 0.2) is 0 Å². The first-order valence-electron chi connectivity index (χ1n) is 7.71. The Hall–Kier alpha value is -0.120. The van der Waals surface area contributed by atoms with Gasteiger partial charge in [0.05, 0.1) is 6.10 Å². The van der Waals surface area contributed by atoms with Gasteiger partial charge >= 0.3 is 0 Å². The highest BCUT2D eigenvalue weighted by Crippen LogP contribution is 2.38. The Morgan fingerprint density at radius 2 is 2.22 bits per heavy atom. The lowest BCUT2D eigenvalue weighted by molar-refractivity contribution is -0.0911. The zero-order valence-electron chi connectivity index (χ0n) is 12.3. The molecule has 0 saturated carbocycles. The van der Waals surface area contributed by atoms with E-state index in [2.05, 4.69) is 25.7 Å². The summed E-state index contributed by atoms with van der Waals surface area (Å²) in [5, 5.41) is 0. The van der Waals surface area contributed by atoms with Gasteiger partial charge in [0.25, 0.3) is 0 Å². The summed E-state index contributed by atoms with van der Waals surface area (Å²) in [5.41, 5.74) is 6.41. The Morgan fingerprint density at radius 3 is 2.83 bits per heavy atom. The predicted octanol–water partition coefficient (Wildman–Crippen LogP) is 2.39. The zero-order valence-corrected chi connectivity index (χ0v) is 12.3. The summed E-state index contributed by atoms with van der Waals surface area (Å²) in [4.78, 5) is 2.73. The smallest absolute Gasteiger partial charge is 0.0616 e. The van der Waals surface area contributed by atoms with Crippen LogP contribution in [-0.4, -0.2) is 42.3 Å². The lowest BCUT2D eigenvalue weighted by Crippen LogP contribution is -2.60. The molecule has 0 radical (unpaired) electrons. The number of rotatable bonds is 4. The number of hydrogen-bond acceptors (Lipinski definition) is 3. The normalized spacial score (nSPS) is 38.5. The predicted molar refractivity (Wildman–Crippen MR) is 75.6 cm³/mol. The lowest BCUT2D eigenvalue weighted by atomic mass is 9.81. The van der Waals surface area contributed by atoms with Crippen molar-refractivity contribution >= 4 is 0 Å². The van der Waals surface area contributed by atoms with Gasteiger partial charge in [0, 0.05) is 24.7 Å². The molecular weight excluding hydrogens is 224 g/mol. The minimum Gasteiger partial charge on any atom is -0.378 e. The molecule has 3 atom stereocenters. The lowest BCUT2D eigenvalue weighted by Gasteiger charge is -2.49. The van der Waals surface area contributed by atoms with Crippen LogP contribution in [0.3, 0.4) is 0 Å². The van der Waals surface area contributed by atoms with Crippen LogP contribution in [0.2, 0.25) is 0 Å². The van der Waals surface area contributed by atoms with Crippen molar-refractivity contribution < 1.29 is 4.74 Å². The maximum Gasteiger partial charge on any atom is 0.0616 e. The van der Waals surface area contributed by atoms with Crippen molar-refractivity contribution in [2.24, 2.45) is 11.7 Å². The third-order valence-electron chi connectivity index (χ3n) is 5.06. The molecule has 2 aliphatic heterocycles. The first kappa shape index (κ1) is 14.3. The first-order valence-corrected chi connectivity index (χ1v) is 7.71. The van der Waals surface area contributed by atoms with E-state index >= 15 is 0 Å². The van der Waals surface area contributed by atoms with Crippen molar-refractivity contribution in [1.82, 2.24) is 4.90 Å². The molecule has 0 aromatic heterocycles. The molecule has 0 amide bonds. The topological polar surface area (TPSA) is 38.5 Å². The average Bonchev–Trinajstić information content (AvgIpc) is 2.87. The molecule has 0 aromatic rings. The fourth-order valence-electron chi connectivity index (χ4n) is 3.81. The Kier molecular flexibility index (Phi) is 4.68. The molecule has 2 N–H and O–H groups in total. The van der Waals surface area contributed by atoms with Crippen LogP contribution in [0.5, 0.6) is 0 Å². The molecule has 3 heteroatoms. The van der Waals surface area contributed by atoms with Gasteiger partial charge in [-0.1, -0.05) is 20.8 Å². The van der Waals surface area contributed by atoms with E-state index in [9.17, 15) is 0 Å². The highest BCUT2D eigenvalue weighted by molar-refractivity contribution is 5.01. The van der Waals surface area contributed by atoms with E-state index in [0.717, 1.165) is 32.0 Å². The quantitative estimate of drug-likeness (QED) is 0.837. The maximum absolute atomic E-state index is 6.20. The van der Waals surface area contributed by atoms with Crippen LogP contribution in [0.15, 0.2) is 0 Å². The number of nitrogens with zero attached hydrogens (tertiary/aromatic N) is 1. The standard InChI is InChI=1S/C15H30N2O/c1-4-13-6-5-8-17(13)15(11-16)7-9-18-14(10-15)12(2)3/h12-14H,4-11,16H2,1-3H3. The fourth-order valence-corrected chi connectivity index (χ4v) is 3.81. The summed E-state index contributed by atoms with van der Waals surface area (Å²) in [5.74, 6) is 0.596. The van der Waals surface area contributed by atoms with Gasteiger partial charge in [0.1, 0.15) is 0 Å². The molecule has 18 heavy (non-hydrogen) atoms. The SMILES string of the molecule is CCC1CCCN1C1(CN)CCOC(C(C)C)C1. The Balaban J connectivity index is 2.13. The highest BCUT2D eigenvalue weighted by Gasteiger charge is 2.45. The van der Waals surface area contributed by atoms with Crippen molar-refractivity contribution in [2.45, 2.75) is 70.6 Å². The van der Waals surface area contributed by atoms with Crippen LogP contribution in [0.4, 0.5) is 0 Å². The highest BCUT2D eigenvalue weighted by atomic mass is 16.5. The van der Waals surface area contributed by atoms with Gasteiger partial charge in [-0.3, -0.25) is 4.90 Å². The molecule has 106 valence electrons. The van der Waals surface area contributed by atoms with Crippen LogP contribution in [0.1, 0.15) is 52.9 Å². The number of ether oxygens (including phenoxy) is 1. The van der Waals surface area contributed by atoms with E-state index in [4.69, 9.17) is 10.5 Å². The summed E-state index contributed by atoms with van der Waals surface area (Å²) in [6.45, 7) is 9.74. The Morgan fingerprint density at radius 1 is 1.44 bits per heavy atom. The van der Waals surface area contributed by atoms with E-state index < -0.39 is 0 Å². The number of nitrogens with two attached hydrogens (primary N) is 1. The van der Waals surface area contributed by atoms with Crippen molar-refractivity contribution in [1.29, 1.82) is 0 Å². The molecule has 0 aromatic carbocycles. The van der Waals surface area contributed by atoms with Crippen LogP contribution < -0.4 is 5.73 Å². The summed E-state index contributed by atoms with van der Waals surface area (Å²) < 4.78 is 5.94.